The number of halogens is 2. The lowest BCUT2D eigenvalue weighted by Crippen LogP contribution is -2.50. The summed E-state index contributed by atoms with van der Waals surface area (Å²) in [5.41, 5.74) is 5.68. The number of fused-ring (bicyclic) bond motifs is 2. The van der Waals surface area contributed by atoms with Gasteiger partial charge in [-0.15, -0.1) is 0 Å². The van der Waals surface area contributed by atoms with E-state index in [9.17, 15) is 4.79 Å². The van der Waals surface area contributed by atoms with Crippen molar-refractivity contribution in [3.05, 3.63) is 96.1 Å². The number of ether oxygens (including phenoxy) is 6. The third kappa shape index (κ3) is 15.6. The molecule has 2 aromatic heterocycles. The molecule has 1 unspecified atom stereocenters. The SMILES string of the molecule is COc1cc(C)ccc1-c1cc2ccc(OC(C)(C)CC(C)(C)C(OCCCC(F)(F)CCCOC(=O)C(CC(C)(C)C)C(C)(C)C)C(C)(C)CC(C)(C)Oc3ccc4cc(-c5ccc(C)cc5OC)n(C)c4c3)cc2n1C. The van der Waals surface area contributed by atoms with Crippen molar-refractivity contribution >= 4 is 27.8 Å². The lowest BCUT2D eigenvalue weighted by Gasteiger charge is -2.49. The van der Waals surface area contributed by atoms with Gasteiger partial charge in [-0.3, -0.25) is 4.79 Å². The first-order valence-electron chi connectivity index (χ1n) is 28.1. The molecule has 78 heavy (non-hydrogen) atoms. The van der Waals surface area contributed by atoms with Crippen molar-refractivity contribution in [3.8, 4) is 45.5 Å². The Labute approximate surface area is 466 Å². The second kappa shape index (κ2) is 23.7. The van der Waals surface area contributed by atoms with Gasteiger partial charge in [0.25, 0.3) is 0 Å². The smallest absolute Gasteiger partial charge is 0.309 e. The summed E-state index contributed by atoms with van der Waals surface area (Å²) in [5, 5.41) is 2.18. The molecule has 428 valence electrons. The highest BCUT2D eigenvalue weighted by atomic mass is 19.3. The van der Waals surface area contributed by atoms with Crippen LogP contribution in [0.25, 0.3) is 44.3 Å². The highest BCUT2D eigenvalue weighted by molar-refractivity contribution is 5.90. The lowest BCUT2D eigenvalue weighted by atomic mass is 9.64. The minimum Gasteiger partial charge on any atom is -0.496 e. The quantitative estimate of drug-likeness (QED) is 0.0417. The number of rotatable bonds is 25. The maximum absolute atomic E-state index is 15.6. The van der Waals surface area contributed by atoms with Crippen LogP contribution >= 0.6 is 0 Å². The molecule has 0 aliphatic heterocycles. The molecule has 0 N–H and O–H groups in total. The van der Waals surface area contributed by atoms with Gasteiger partial charge in [0.2, 0.25) is 5.92 Å². The number of methoxy groups -OCH3 is 2. The molecule has 9 nitrogen and oxygen atoms in total. The number of hydrogen-bond acceptors (Lipinski definition) is 7. The zero-order chi connectivity index (χ0) is 58.0. The summed E-state index contributed by atoms with van der Waals surface area (Å²) >= 11 is 0. The largest absolute Gasteiger partial charge is 0.496 e. The molecule has 0 aliphatic carbocycles. The second-order valence-corrected chi connectivity index (χ2v) is 27.2. The van der Waals surface area contributed by atoms with Gasteiger partial charge in [-0.25, -0.2) is 8.78 Å². The van der Waals surface area contributed by atoms with E-state index in [2.05, 4.69) is 186 Å². The molecule has 0 radical (unpaired) electrons. The topological polar surface area (TPSA) is 82.3 Å². The van der Waals surface area contributed by atoms with Crippen LogP contribution in [-0.4, -0.2) is 65.8 Å². The minimum absolute atomic E-state index is 0.0344. The van der Waals surface area contributed by atoms with Crippen molar-refractivity contribution in [2.45, 2.75) is 179 Å². The second-order valence-electron chi connectivity index (χ2n) is 27.2. The van der Waals surface area contributed by atoms with E-state index in [0.29, 0.717) is 19.3 Å². The Bertz CT molecular complexity index is 2850. The van der Waals surface area contributed by atoms with E-state index in [4.69, 9.17) is 28.4 Å². The van der Waals surface area contributed by atoms with Gasteiger partial charge in [0, 0.05) is 67.6 Å². The highest BCUT2D eigenvalue weighted by Crippen LogP contribution is 2.48. The number of aromatic nitrogens is 2. The molecule has 0 bridgehead atoms. The van der Waals surface area contributed by atoms with Crippen molar-refractivity contribution in [1.29, 1.82) is 0 Å². The summed E-state index contributed by atoms with van der Waals surface area (Å²) in [7, 11) is 7.53. The summed E-state index contributed by atoms with van der Waals surface area (Å²) in [4.78, 5) is 13.2. The molecule has 0 fully saturated rings. The zero-order valence-corrected chi connectivity index (χ0v) is 51.1. The first-order valence-corrected chi connectivity index (χ1v) is 28.1. The first kappa shape index (κ1) is 61.7. The van der Waals surface area contributed by atoms with Crippen LogP contribution in [-0.2, 0) is 28.4 Å². The van der Waals surface area contributed by atoms with E-state index in [1.54, 1.807) is 14.2 Å². The molecule has 0 amide bonds. The van der Waals surface area contributed by atoms with E-state index >= 15 is 8.78 Å². The lowest BCUT2D eigenvalue weighted by molar-refractivity contribution is -0.154. The molecule has 11 heteroatoms. The van der Waals surface area contributed by atoms with Crippen molar-refractivity contribution in [3.63, 3.8) is 0 Å². The molecule has 0 spiro atoms. The first-order chi connectivity index (χ1) is 36.0. The van der Waals surface area contributed by atoms with Crippen LogP contribution in [0.1, 0.15) is 153 Å². The third-order valence-electron chi connectivity index (χ3n) is 15.3. The Morgan fingerprint density at radius 2 is 0.987 bits per heavy atom. The van der Waals surface area contributed by atoms with E-state index in [0.717, 1.165) is 78.4 Å². The summed E-state index contributed by atoms with van der Waals surface area (Å²) in [6, 6.07) is 29.3. The van der Waals surface area contributed by atoms with Crippen molar-refractivity contribution in [1.82, 2.24) is 9.13 Å². The molecule has 0 saturated carbocycles. The fourth-order valence-corrected chi connectivity index (χ4v) is 12.5. The fourth-order valence-electron chi connectivity index (χ4n) is 12.5. The molecule has 2 heterocycles. The van der Waals surface area contributed by atoms with Crippen molar-refractivity contribution in [2.75, 3.05) is 27.4 Å². The van der Waals surface area contributed by atoms with Gasteiger partial charge in [0.15, 0.2) is 0 Å². The molecular formula is C67H94F2N2O7. The zero-order valence-electron chi connectivity index (χ0n) is 51.1. The maximum atomic E-state index is 15.6. The van der Waals surface area contributed by atoms with E-state index in [-0.39, 0.29) is 61.6 Å². The Hall–Kier alpha value is -5.55. The van der Waals surface area contributed by atoms with Gasteiger partial charge >= 0.3 is 5.97 Å². The number of benzene rings is 4. The van der Waals surface area contributed by atoms with Crippen LogP contribution in [0.2, 0.25) is 0 Å². The summed E-state index contributed by atoms with van der Waals surface area (Å²) in [6.07, 6.45) is 0.957. The highest BCUT2D eigenvalue weighted by Gasteiger charge is 2.48. The van der Waals surface area contributed by atoms with Gasteiger partial charge < -0.3 is 37.6 Å². The fraction of sp³-hybridized carbons (Fsp3) is 0.567. The van der Waals surface area contributed by atoms with Crippen LogP contribution in [0.4, 0.5) is 8.78 Å². The van der Waals surface area contributed by atoms with E-state index in [1.807, 2.05) is 32.9 Å². The predicted octanol–water partition coefficient (Wildman–Crippen LogP) is 17.7. The molecule has 4 aromatic carbocycles. The van der Waals surface area contributed by atoms with Crippen LogP contribution in [0.3, 0.4) is 0 Å². The van der Waals surface area contributed by atoms with E-state index in [1.165, 1.54) is 0 Å². The van der Waals surface area contributed by atoms with Gasteiger partial charge in [-0.05, 0) is 167 Å². The van der Waals surface area contributed by atoms with Crippen LogP contribution < -0.4 is 18.9 Å². The molecular weight excluding hydrogens is 983 g/mol. The number of alkyl halides is 2. The Kier molecular flexibility index (Phi) is 18.7. The standard InChI is InChI=1S/C67H94F2N2O7/c1-44-23-29-50(57(35-44)73-19)55-37-46-25-27-48(39-53(46)70(55)17)77-65(13,14)42-63(9,10)60(76-34-22-32-67(68,69)31-21-33-75-59(72)52(62(6,7)8)41-61(3,4)5)64(11,12)43-66(15,16)78-49-28-26-47-38-56(71(18)54(47)40-49)51-30-24-45(2)36-58(51)74-20/h23-30,35-40,52,60H,21-22,31-34,41-43H2,1-20H3. The van der Waals surface area contributed by atoms with Gasteiger partial charge in [-0.2, -0.15) is 0 Å². The Morgan fingerprint density at radius 3 is 1.38 bits per heavy atom. The molecule has 0 aliphatic rings. The molecule has 6 rings (SSSR count). The average Bonchev–Trinajstić information content (AvgIpc) is 3.81. The Morgan fingerprint density at radius 1 is 0.564 bits per heavy atom. The molecule has 1 atom stereocenters. The van der Waals surface area contributed by atoms with Crippen LogP contribution in [0, 0.1) is 41.4 Å². The van der Waals surface area contributed by atoms with Crippen LogP contribution in [0.15, 0.2) is 84.9 Å². The number of nitrogens with zero attached hydrogens (tertiary/aromatic N) is 2. The normalized spacial score (nSPS) is 13.6. The Balaban J connectivity index is 1.20. The van der Waals surface area contributed by atoms with Crippen molar-refractivity contribution in [2.24, 2.45) is 41.7 Å². The molecule has 6 aromatic rings. The van der Waals surface area contributed by atoms with Crippen molar-refractivity contribution < 1.29 is 42.0 Å². The number of carbonyl (C=O) groups excluding carboxylic acids is 1. The number of aryl methyl sites for hydroxylation is 4. The summed E-state index contributed by atoms with van der Waals surface area (Å²) in [6.45, 7) is 33.8. The van der Waals surface area contributed by atoms with E-state index < -0.39 is 34.1 Å². The number of carbonyl (C=O) groups is 1. The van der Waals surface area contributed by atoms with Crippen LogP contribution in [0.5, 0.6) is 23.0 Å². The predicted molar refractivity (Wildman–Crippen MR) is 317 cm³/mol. The van der Waals surface area contributed by atoms with Gasteiger partial charge in [0.1, 0.15) is 34.2 Å². The minimum atomic E-state index is -2.95. The average molecular weight is 1080 g/mol. The number of hydrogen-bond donors (Lipinski definition) is 0. The third-order valence-corrected chi connectivity index (χ3v) is 15.3. The van der Waals surface area contributed by atoms with Gasteiger partial charge in [0.05, 0.1) is 55.3 Å². The summed E-state index contributed by atoms with van der Waals surface area (Å²) < 4.78 is 73.7. The van der Waals surface area contributed by atoms with Gasteiger partial charge in [-0.1, -0.05) is 81.4 Å². The summed E-state index contributed by atoms with van der Waals surface area (Å²) in [5.74, 6) is -0.453. The molecule has 0 saturated heterocycles. The maximum Gasteiger partial charge on any atom is 0.309 e. The monoisotopic (exact) mass is 1080 g/mol. The number of esters is 1.